The number of rotatable bonds is 2. The van der Waals surface area contributed by atoms with E-state index in [1.807, 2.05) is 17.1 Å². The van der Waals surface area contributed by atoms with Gasteiger partial charge >= 0.3 is 6.09 Å². The number of hydrazine groups is 1. The van der Waals surface area contributed by atoms with E-state index in [9.17, 15) is 4.79 Å². The van der Waals surface area contributed by atoms with Crippen LogP contribution in [0.5, 0.6) is 5.75 Å². The zero-order valence-electron chi connectivity index (χ0n) is 11.4. The van der Waals surface area contributed by atoms with Crippen LogP contribution in [0, 0.1) is 0 Å². The quantitative estimate of drug-likeness (QED) is 0.924. The van der Waals surface area contributed by atoms with Gasteiger partial charge in [0.2, 0.25) is 0 Å². The molecule has 0 radical (unpaired) electrons. The summed E-state index contributed by atoms with van der Waals surface area (Å²) in [6.07, 6.45) is 0.425. The molecule has 1 heterocycles. The first-order valence-corrected chi connectivity index (χ1v) is 7.14. The van der Waals surface area contributed by atoms with E-state index in [4.69, 9.17) is 16.3 Å². The molecule has 4 nitrogen and oxygen atoms in total. The maximum absolute atomic E-state index is 11.9. The van der Waals surface area contributed by atoms with Gasteiger partial charge in [0.25, 0.3) is 0 Å². The molecule has 2 aromatic rings. The Morgan fingerprint density at radius 1 is 1.10 bits per heavy atom. The first-order chi connectivity index (χ1) is 10.2. The average molecular weight is 303 g/mol. The molecule has 21 heavy (non-hydrogen) atoms. The van der Waals surface area contributed by atoms with Gasteiger partial charge in [0.15, 0.2) is 0 Å². The van der Waals surface area contributed by atoms with Crippen LogP contribution in [0.4, 0.5) is 4.79 Å². The third-order valence-corrected chi connectivity index (χ3v) is 3.66. The van der Waals surface area contributed by atoms with E-state index in [1.54, 1.807) is 24.3 Å². The summed E-state index contributed by atoms with van der Waals surface area (Å²) in [6.45, 7) is 1.46. The molecule has 0 fully saturated rings. The summed E-state index contributed by atoms with van der Waals surface area (Å²) in [5.74, 6) is 0.467. The fourth-order valence-corrected chi connectivity index (χ4v) is 2.48. The Hall–Kier alpha value is -2.04. The van der Waals surface area contributed by atoms with Crippen molar-refractivity contribution >= 4 is 17.7 Å². The zero-order valence-corrected chi connectivity index (χ0v) is 12.1. The molecule has 0 aromatic heterocycles. The van der Waals surface area contributed by atoms with Gasteiger partial charge in [-0.05, 0) is 41.8 Å². The monoisotopic (exact) mass is 302 g/mol. The molecule has 0 spiro atoms. The molecule has 0 saturated heterocycles. The van der Waals surface area contributed by atoms with Crippen LogP contribution in [0.25, 0.3) is 0 Å². The van der Waals surface area contributed by atoms with Gasteiger partial charge in [-0.3, -0.25) is 5.43 Å². The van der Waals surface area contributed by atoms with Gasteiger partial charge < -0.3 is 4.74 Å². The maximum Gasteiger partial charge on any atom is 0.427 e. The Kier molecular flexibility index (Phi) is 4.08. The fraction of sp³-hybridized carbons (Fsp3) is 0.188. The number of fused-ring (bicyclic) bond motifs is 1. The lowest BCUT2D eigenvalue weighted by atomic mass is 10.0. The van der Waals surface area contributed by atoms with E-state index in [0.717, 1.165) is 13.0 Å². The van der Waals surface area contributed by atoms with Crippen molar-refractivity contribution < 1.29 is 9.53 Å². The van der Waals surface area contributed by atoms with E-state index in [1.165, 1.54) is 11.1 Å². The van der Waals surface area contributed by atoms with Crippen LogP contribution in [0.1, 0.15) is 11.1 Å². The molecule has 3 rings (SSSR count). The first-order valence-electron chi connectivity index (χ1n) is 6.76. The molecule has 0 atom stereocenters. The second-order valence-electron chi connectivity index (χ2n) is 4.90. The van der Waals surface area contributed by atoms with Crippen molar-refractivity contribution in [2.75, 3.05) is 6.54 Å². The van der Waals surface area contributed by atoms with E-state index < -0.39 is 6.09 Å². The molecular weight excluding hydrogens is 288 g/mol. The SMILES string of the molecule is O=C(NN1CCc2ccccc2C1)Oc1ccc(Cl)cc1. The number of nitrogens with one attached hydrogen (secondary N) is 1. The minimum absolute atomic E-state index is 0.467. The molecule has 5 heteroatoms. The largest absolute Gasteiger partial charge is 0.427 e. The average Bonchev–Trinajstić information content (AvgIpc) is 2.49. The van der Waals surface area contributed by atoms with Crippen LogP contribution in [0.3, 0.4) is 0 Å². The highest BCUT2D eigenvalue weighted by atomic mass is 35.5. The molecule has 1 amide bonds. The minimum atomic E-state index is -0.489. The predicted octanol–water partition coefficient (Wildman–Crippen LogP) is 3.40. The van der Waals surface area contributed by atoms with Crippen LogP contribution in [-0.2, 0) is 13.0 Å². The third kappa shape index (κ3) is 3.54. The van der Waals surface area contributed by atoms with Crippen molar-refractivity contribution in [1.29, 1.82) is 0 Å². The van der Waals surface area contributed by atoms with Crippen LogP contribution < -0.4 is 10.2 Å². The second-order valence-corrected chi connectivity index (χ2v) is 5.33. The Morgan fingerprint density at radius 2 is 1.81 bits per heavy atom. The number of hydrogen-bond donors (Lipinski definition) is 1. The molecule has 108 valence electrons. The topological polar surface area (TPSA) is 41.6 Å². The normalized spacial score (nSPS) is 14.3. The summed E-state index contributed by atoms with van der Waals surface area (Å²) in [4.78, 5) is 11.9. The van der Waals surface area contributed by atoms with E-state index in [-0.39, 0.29) is 0 Å². The van der Waals surface area contributed by atoms with Crippen molar-refractivity contribution in [1.82, 2.24) is 10.4 Å². The van der Waals surface area contributed by atoms with Gasteiger partial charge in [-0.15, -0.1) is 0 Å². The van der Waals surface area contributed by atoms with E-state index in [2.05, 4.69) is 17.6 Å². The molecule has 1 aliphatic heterocycles. The highest BCUT2D eigenvalue weighted by Gasteiger charge is 2.18. The molecule has 2 aromatic carbocycles. The summed E-state index contributed by atoms with van der Waals surface area (Å²) < 4.78 is 5.21. The van der Waals surface area contributed by atoms with Gasteiger partial charge in [0, 0.05) is 18.1 Å². The lowest BCUT2D eigenvalue weighted by Crippen LogP contribution is -2.46. The standard InChI is InChI=1S/C16H15ClN2O2/c17-14-5-7-15(8-6-14)21-16(20)18-19-10-9-12-3-1-2-4-13(12)11-19/h1-8H,9-11H2,(H,18,20). The third-order valence-electron chi connectivity index (χ3n) is 3.40. The van der Waals surface area contributed by atoms with Gasteiger partial charge in [0.05, 0.1) is 0 Å². The number of amides is 1. The zero-order chi connectivity index (χ0) is 14.7. The highest BCUT2D eigenvalue weighted by Crippen LogP contribution is 2.18. The number of benzene rings is 2. The number of nitrogens with zero attached hydrogens (tertiary/aromatic N) is 1. The summed E-state index contributed by atoms with van der Waals surface area (Å²) in [5, 5.41) is 2.47. The molecule has 1 N–H and O–H groups in total. The molecule has 0 bridgehead atoms. The second kappa shape index (κ2) is 6.16. The molecule has 1 aliphatic rings. The Bertz CT molecular complexity index is 643. The Morgan fingerprint density at radius 3 is 2.57 bits per heavy atom. The van der Waals surface area contributed by atoms with Gasteiger partial charge in [-0.25, -0.2) is 9.80 Å². The maximum atomic E-state index is 11.9. The number of ether oxygens (including phenoxy) is 1. The summed E-state index contributed by atoms with van der Waals surface area (Å²) in [7, 11) is 0. The molecule has 0 saturated carbocycles. The van der Waals surface area contributed by atoms with Gasteiger partial charge in [-0.1, -0.05) is 35.9 Å². The molecular formula is C16H15ClN2O2. The molecule has 0 unspecified atom stereocenters. The number of hydrogen-bond acceptors (Lipinski definition) is 3. The lowest BCUT2D eigenvalue weighted by molar-refractivity contribution is 0.135. The van der Waals surface area contributed by atoms with Crippen molar-refractivity contribution in [3.8, 4) is 5.75 Å². The Balaban J connectivity index is 1.57. The summed E-state index contributed by atoms with van der Waals surface area (Å²) in [6, 6.07) is 14.9. The van der Waals surface area contributed by atoms with E-state index in [0.29, 0.717) is 17.3 Å². The van der Waals surface area contributed by atoms with Crippen LogP contribution in [0.15, 0.2) is 48.5 Å². The minimum Gasteiger partial charge on any atom is -0.409 e. The Labute approximate surface area is 128 Å². The van der Waals surface area contributed by atoms with Crippen molar-refractivity contribution in [2.45, 2.75) is 13.0 Å². The number of carbonyl (C=O) groups excluding carboxylic acids is 1. The van der Waals surface area contributed by atoms with E-state index >= 15 is 0 Å². The van der Waals surface area contributed by atoms with Crippen molar-refractivity contribution in [3.05, 3.63) is 64.7 Å². The van der Waals surface area contributed by atoms with Crippen LogP contribution >= 0.6 is 11.6 Å². The van der Waals surface area contributed by atoms with Crippen molar-refractivity contribution in [2.24, 2.45) is 0 Å². The summed E-state index contributed by atoms with van der Waals surface area (Å²) >= 11 is 5.79. The van der Waals surface area contributed by atoms with Gasteiger partial charge in [0.1, 0.15) is 5.75 Å². The smallest absolute Gasteiger partial charge is 0.409 e. The highest BCUT2D eigenvalue weighted by molar-refractivity contribution is 6.30. The van der Waals surface area contributed by atoms with Gasteiger partial charge in [-0.2, -0.15) is 0 Å². The molecule has 0 aliphatic carbocycles. The fourth-order valence-electron chi connectivity index (χ4n) is 2.35. The van der Waals surface area contributed by atoms with Crippen molar-refractivity contribution in [3.63, 3.8) is 0 Å². The predicted molar refractivity (Wildman–Crippen MR) is 81.2 cm³/mol. The number of carbonyl (C=O) groups is 1. The first kappa shape index (κ1) is 13.9. The number of halogens is 1. The van der Waals surface area contributed by atoms with Crippen LogP contribution in [-0.4, -0.2) is 17.6 Å². The summed E-state index contributed by atoms with van der Waals surface area (Å²) in [5.41, 5.74) is 5.33. The lowest BCUT2D eigenvalue weighted by Gasteiger charge is -2.28. The van der Waals surface area contributed by atoms with Crippen LogP contribution in [0.2, 0.25) is 5.02 Å².